The molecule has 0 spiro atoms. The predicted octanol–water partition coefficient (Wildman–Crippen LogP) is 16.1. The minimum atomic E-state index is 1.12. The molecule has 2 nitrogen and oxygen atoms in total. The third-order valence-electron chi connectivity index (χ3n) is 11.5. The number of benzene rings is 11. The molecule has 11 rings (SSSR count). The summed E-state index contributed by atoms with van der Waals surface area (Å²) in [6, 6.07) is 83.7. The monoisotopic (exact) mass is 738 g/mol. The molecule has 0 unspecified atom stereocenters. The Morgan fingerprint density at radius 2 is 0.724 bits per heavy atom. The van der Waals surface area contributed by atoms with Crippen molar-refractivity contribution in [2.75, 3.05) is 9.80 Å². The highest BCUT2D eigenvalue weighted by atomic mass is 15.1. The van der Waals surface area contributed by atoms with Gasteiger partial charge in [0.05, 0.1) is 5.69 Å². The summed E-state index contributed by atoms with van der Waals surface area (Å²) in [5.41, 5.74) is 9.14. The number of anilines is 6. The summed E-state index contributed by atoms with van der Waals surface area (Å²) in [6.07, 6.45) is 0. The van der Waals surface area contributed by atoms with Crippen LogP contribution in [0.25, 0.3) is 65.0 Å². The first kappa shape index (κ1) is 33.6. The number of fused-ring (bicyclic) bond motifs is 9. The lowest BCUT2D eigenvalue weighted by Gasteiger charge is -2.28. The van der Waals surface area contributed by atoms with Gasteiger partial charge in [0.2, 0.25) is 0 Å². The fourth-order valence-corrected chi connectivity index (χ4v) is 8.91. The van der Waals surface area contributed by atoms with Gasteiger partial charge in [-0.1, -0.05) is 164 Å². The van der Waals surface area contributed by atoms with Crippen LogP contribution in [-0.2, 0) is 0 Å². The number of para-hydroxylation sites is 3. The van der Waals surface area contributed by atoms with E-state index in [4.69, 9.17) is 0 Å². The first-order valence-corrected chi connectivity index (χ1v) is 19.9. The van der Waals surface area contributed by atoms with E-state index in [2.05, 4.69) is 240 Å². The molecule has 0 aliphatic heterocycles. The van der Waals surface area contributed by atoms with Crippen LogP contribution in [0.15, 0.2) is 231 Å². The molecule has 0 bridgehead atoms. The summed E-state index contributed by atoms with van der Waals surface area (Å²) < 4.78 is 0. The van der Waals surface area contributed by atoms with Crippen LogP contribution < -0.4 is 9.80 Å². The average Bonchev–Trinajstić information content (AvgIpc) is 3.30. The average molecular weight is 739 g/mol. The lowest BCUT2D eigenvalue weighted by Crippen LogP contribution is -2.11. The third-order valence-corrected chi connectivity index (χ3v) is 11.5. The molecule has 0 atom stereocenters. The van der Waals surface area contributed by atoms with Crippen molar-refractivity contribution in [3.05, 3.63) is 231 Å². The second kappa shape index (κ2) is 14.1. The molecule has 0 heterocycles. The van der Waals surface area contributed by atoms with Gasteiger partial charge in [-0.3, -0.25) is 0 Å². The molecule has 272 valence electrons. The molecule has 0 aliphatic carbocycles. The fraction of sp³-hybridized carbons (Fsp3) is 0. The van der Waals surface area contributed by atoms with Gasteiger partial charge in [0.25, 0.3) is 0 Å². The molecule has 0 aromatic heterocycles. The van der Waals surface area contributed by atoms with E-state index in [0.717, 1.165) is 34.1 Å². The maximum atomic E-state index is 2.39. The van der Waals surface area contributed by atoms with Gasteiger partial charge in [0, 0.05) is 34.0 Å². The van der Waals surface area contributed by atoms with Crippen molar-refractivity contribution in [2.24, 2.45) is 0 Å². The van der Waals surface area contributed by atoms with Crippen LogP contribution in [0.4, 0.5) is 34.1 Å². The summed E-state index contributed by atoms with van der Waals surface area (Å²) in [5, 5.41) is 12.4. The van der Waals surface area contributed by atoms with Crippen molar-refractivity contribution in [3.63, 3.8) is 0 Å². The molecule has 11 aromatic carbocycles. The molecule has 0 saturated carbocycles. The second-order valence-corrected chi connectivity index (χ2v) is 14.9. The second-order valence-electron chi connectivity index (χ2n) is 14.9. The van der Waals surface area contributed by atoms with Gasteiger partial charge in [0.1, 0.15) is 0 Å². The Bertz CT molecular complexity index is 3260. The molecule has 11 aromatic rings. The minimum absolute atomic E-state index is 1.12. The predicted molar refractivity (Wildman–Crippen MR) is 249 cm³/mol. The van der Waals surface area contributed by atoms with Gasteiger partial charge in [-0.25, -0.2) is 0 Å². The Hall–Kier alpha value is -7.68. The van der Waals surface area contributed by atoms with Crippen molar-refractivity contribution in [3.8, 4) is 11.1 Å². The zero-order valence-corrected chi connectivity index (χ0v) is 31.8. The van der Waals surface area contributed by atoms with Crippen molar-refractivity contribution in [2.45, 2.75) is 0 Å². The summed E-state index contributed by atoms with van der Waals surface area (Å²) in [4.78, 5) is 4.77. The largest absolute Gasteiger partial charge is 0.310 e. The minimum Gasteiger partial charge on any atom is -0.310 e. The molecule has 58 heavy (non-hydrogen) atoms. The van der Waals surface area contributed by atoms with Crippen LogP contribution >= 0.6 is 0 Å². The van der Waals surface area contributed by atoms with E-state index in [1.807, 2.05) is 0 Å². The lowest BCUT2D eigenvalue weighted by atomic mass is 9.90. The van der Waals surface area contributed by atoms with Crippen LogP contribution in [0.5, 0.6) is 0 Å². The first-order chi connectivity index (χ1) is 28.8. The Kier molecular flexibility index (Phi) is 8.19. The summed E-state index contributed by atoms with van der Waals surface area (Å²) in [5.74, 6) is 0. The summed E-state index contributed by atoms with van der Waals surface area (Å²) in [6.45, 7) is 0. The standard InChI is InChI=1S/C56H38N2/c1-4-17-40(18-5-1)48-24-14-15-27-55(48)58(44-22-8-3-9-23-44)46-31-34-49-42(37-46)29-33-53-51-35-32-47(38-54(51)50-25-12-13-26-52(50)56(49)53)57(43-20-6-2-7-21-43)45-30-28-39-16-10-11-19-41(39)36-45/h1-38H. The third kappa shape index (κ3) is 5.74. The van der Waals surface area contributed by atoms with Gasteiger partial charge >= 0.3 is 0 Å². The first-order valence-electron chi connectivity index (χ1n) is 19.9. The van der Waals surface area contributed by atoms with Gasteiger partial charge in [-0.05, 0) is 126 Å². The summed E-state index contributed by atoms with van der Waals surface area (Å²) >= 11 is 0. The molecule has 0 fully saturated rings. The van der Waals surface area contributed by atoms with Crippen molar-refractivity contribution in [1.29, 1.82) is 0 Å². The molecular formula is C56H38N2. The van der Waals surface area contributed by atoms with Crippen LogP contribution in [0.2, 0.25) is 0 Å². The highest BCUT2D eigenvalue weighted by Gasteiger charge is 2.20. The Balaban J connectivity index is 1.10. The molecular weight excluding hydrogens is 701 g/mol. The van der Waals surface area contributed by atoms with Gasteiger partial charge in [-0.15, -0.1) is 0 Å². The van der Waals surface area contributed by atoms with E-state index in [-0.39, 0.29) is 0 Å². The molecule has 0 saturated heterocycles. The van der Waals surface area contributed by atoms with Crippen LogP contribution in [0.1, 0.15) is 0 Å². The van der Waals surface area contributed by atoms with Crippen LogP contribution in [-0.4, -0.2) is 0 Å². The molecule has 0 aliphatic rings. The van der Waals surface area contributed by atoms with E-state index in [1.165, 1.54) is 65.0 Å². The Labute approximate surface area is 338 Å². The van der Waals surface area contributed by atoms with Crippen LogP contribution in [0, 0.1) is 0 Å². The fourth-order valence-electron chi connectivity index (χ4n) is 8.91. The summed E-state index contributed by atoms with van der Waals surface area (Å²) in [7, 11) is 0. The van der Waals surface area contributed by atoms with Crippen LogP contribution in [0.3, 0.4) is 0 Å². The normalized spacial score (nSPS) is 11.4. The van der Waals surface area contributed by atoms with Crippen molar-refractivity contribution >= 4 is 88.0 Å². The van der Waals surface area contributed by atoms with E-state index >= 15 is 0 Å². The van der Waals surface area contributed by atoms with Gasteiger partial charge in [-0.2, -0.15) is 0 Å². The number of hydrogen-bond acceptors (Lipinski definition) is 2. The zero-order valence-electron chi connectivity index (χ0n) is 31.8. The molecule has 0 amide bonds. The lowest BCUT2D eigenvalue weighted by molar-refractivity contribution is 1.29. The number of nitrogens with zero attached hydrogens (tertiary/aromatic N) is 2. The van der Waals surface area contributed by atoms with Crippen molar-refractivity contribution in [1.82, 2.24) is 0 Å². The van der Waals surface area contributed by atoms with E-state index in [0.29, 0.717) is 0 Å². The topological polar surface area (TPSA) is 6.48 Å². The number of hydrogen-bond donors (Lipinski definition) is 0. The highest BCUT2D eigenvalue weighted by Crippen LogP contribution is 2.45. The van der Waals surface area contributed by atoms with Gasteiger partial charge < -0.3 is 9.80 Å². The maximum absolute atomic E-state index is 2.39. The smallest absolute Gasteiger partial charge is 0.0540 e. The molecule has 0 radical (unpaired) electrons. The molecule has 0 N–H and O–H groups in total. The Morgan fingerprint density at radius 3 is 1.50 bits per heavy atom. The van der Waals surface area contributed by atoms with Crippen molar-refractivity contribution < 1.29 is 0 Å². The molecule has 2 heteroatoms. The van der Waals surface area contributed by atoms with E-state index in [9.17, 15) is 0 Å². The quantitative estimate of drug-likeness (QED) is 0.150. The SMILES string of the molecule is c1ccc(-c2ccccc2N(c2ccccc2)c2ccc3c(ccc4c5ccc(N(c6ccccc6)c6ccc7ccccc7c6)cc5c5ccccc5c34)c2)cc1. The maximum Gasteiger partial charge on any atom is 0.0540 e. The number of rotatable bonds is 7. The van der Waals surface area contributed by atoms with Gasteiger partial charge in [0.15, 0.2) is 0 Å². The van der Waals surface area contributed by atoms with E-state index < -0.39 is 0 Å². The highest BCUT2D eigenvalue weighted by molar-refractivity contribution is 6.32. The van der Waals surface area contributed by atoms with E-state index in [1.54, 1.807) is 0 Å². The Morgan fingerprint density at radius 1 is 0.241 bits per heavy atom. The zero-order chi connectivity index (χ0) is 38.4.